The third kappa shape index (κ3) is 2.03. The zero-order valence-electron chi connectivity index (χ0n) is 9.42. The molecule has 4 N–H and O–H groups in total. The van der Waals surface area contributed by atoms with Crippen LogP contribution in [0, 0.1) is 0 Å². The van der Waals surface area contributed by atoms with Crippen LogP contribution in [0.3, 0.4) is 0 Å². The molecule has 0 spiro atoms. The summed E-state index contributed by atoms with van der Waals surface area (Å²) in [6.07, 6.45) is 2.86. The van der Waals surface area contributed by atoms with Gasteiger partial charge in [0.15, 0.2) is 0 Å². The first kappa shape index (κ1) is 11.0. The second kappa shape index (κ2) is 5.01. The molecule has 1 heterocycles. The van der Waals surface area contributed by atoms with E-state index in [1.807, 2.05) is 31.4 Å². The number of H-pyrrole nitrogens is 1. The Morgan fingerprint density at radius 3 is 3.06 bits per heavy atom. The number of benzene rings is 1. The van der Waals surface area contributed by atoms with E-state index in [-0.39, 0.29) is 0 Å². The van der Waals surface area contributed by atoms with E-state index in [0.29, 0.717) is 13.3 Å². The number of fused-ring (bicyclic) bond motifs is 1. The molecule has 0 radical (unpaired) electrons. The van der Waals surface area contributed by atoms with Gasteiger partial charge in [0.2, 0.25) is 0 Å². The van der Waals surface area contributed by atoms with Gasteiger partial charge in [-0.15, -0.1) is 0 Å². The van der Waals surface area contributed by atoms with Gasteiger partial charge >= 0.3 is 0 Å². The van der Waals surface area contributed by atoms with Crippen molar-refractivity contribution in [3.8, 4) is 5.75 Å². The molecule has 0 saturated carbocycles. The lowest BCUT2D eigenvalue weighted by Gasteiger charge is -2.07. The lowest BCUT2D eigenvalue weighted by atomic mass is 10.1. The second-order valence-corrected chi connectivity index (χ2v) is 3.67. The molecule has 0 aliphatic heterocycles. The molecule has 0 amide bonds. The molecule has 2 aromatic rings. The van der Waals surface area contributed by atoms with Crippen LogP contribution in [0.5, 0.6) is 5.75 Å². The topological polar surface area (TPSA) is 63.1 Å². The monoisotopic (exact) mass is 219 g/mol. The van der Waals surface area contributed by atoms with Crippen LogP contribution in [0.1, 0.15) is 5.56 Å². The summed E-state index contributed by atoms with van der Waals surface area (Å²) in [5, 5.41) is 4.11. The molecule has 0 fully saturated rings. The Balaban J connectivity index is 2.41. The summed E-state index contributed by atoms with van der Waals surface area (Å²) in [5.74, 6) is 0.900. The number of hydrogen-bond acceptors (Lipinski definition) is 3. The fraction of sp³-hybridized carbons (Fsp3) is 0.333. The minimum Gasteiger partial charge on any atom is -0.478 e. The second-order valence-electron chi connectivity index (χ2n) is 3.67. The third-order valence-electron chi connectivity index (χ3n) is 2.53. The molecule has 0 bridgehead atoms. The van der Waals surface area contributed by atoms with E-state index in [2.05, 4.69) is 10.3 Å². The number of aromatic nitrogens is 1. The standard InChI is InChI=1S/C12H17N3O/c1-14-8-16-11-4-2-3-10-12(11)9(5-6-13)7-15-10/h2-4,7,14-15H,5-6,8,13H2,1H3. The average molecular weight is 219 g/mol. The van der Waals surface area contributed by atoms with E-state index in [0.717, 1.165) is 23.1 Å². The van der Waals surface area contributed by atoms with Crippen molar-refractivity contribution < 1.29 is 4.74 Å². The molecular weight excluding hydrogens is 202 g/mol. The van der Waals surface area contributed by atoms with Crippen molar-refractivity contribution in [2.45, 2.75) is 6.42 Å². The smallest absolute Gasteiger partial charge is 0.139 e. The number of rotatable bonds is 5. The number of nitrogens with one attached hydrogen (secondary N) is 2. The van der Waals surface area contributed by atoms with E-state index >= 15 is 0 Å². The fourth-order valence-electron chi connectivity index (χ4n) is 1.84. The van der Waals surface area contributed by atoms with Crippen molar-refractivity contribution in [2.24, 2.45) is 5.73 Å². The number of aromatic amines is 1. The van der Waals surface area contributed by atoms with Crippen LogP contribution < -0.4 is 15.8 Å². The zero-order valence-corrected chi connectivity index (χ0v) is 9.42. The summed E-state index contributed by atoms with van der Waals surface area (Å²) >= 11 is 0. The van der Waals surface area contributed by atoms with Crippen LogP contribution >= 0.6 is 0 Å². The number of hydrogen-bond donors (Lipinski definition) is 3. The SMILES string of the molecule is CNCOc1cccc2[nH]cc(CCN)c12. The van der Waals surface area contributed by atoms with E-state index in [1.54, 1.807) is 0 Å². The lowest BCUT2D eigenvalue weighted by Crippen LogP contribution is -2.14. The molecule has 2 rings (SSSR count). The van der Waals surface area contributed by atoms with Crippen molar-refractivity contribution in [3.63, 3.8) is 0 Å². The molecule has 86 valence electrons. The summed E-state index contributed by atoms with van der Waals surface area (Å²) in [5.41, 5.74) is 7.90. The van der Waals surface area contributed by atoms with Gasteiger partial charge in [-0.2, -0.15) is 0 Å². The van der Waals surface area contributed by atoms with Crippen molar-refractivity contribution >= 4 is 10.9 Å². The normalized spacial score (nSPS) is 10.9. The molecule has 16 heavy (non-hydrogen) atoms. The summed E-state index contributed by atoms with van der Waals surface area (Å²) in [6, 6.07) is 6.01. The summed E-state index contributed by atoms with van der Waals surface area (Å²) in [4.78, 5) is 3.23. The van der Waals surface area contributed by atoms with Gasteiger partial charge in [-0.25, -0.2) is 0 Å². The highest BCUT2D eigenvalue weighted by Crippen LogP contribution is 2.28. The predicted octanol–water partition coefficient (Wildman–Crippen LogP) is 1.22. The first-order valence-electron chi connectivity index (χ1n) is 5.43. The van der Waals surface area contributed by atoms with Gasteiger partial charge in [0.05, 0.1) is 0 Å². The molecule has 0 aliphatic rings. The van der Waals surface area contributed by atoms with Gasteiger partial charge in [0.25, 0.3) is 0 Å². The van der Waals surface area contributed by atoms with Crippen molar-refractivity contribution in [1.82, 2.24) is 10.3 Å². The van der Waals surface area contributed by atoms with E-state index < -0.39 is 0 Å². The van der Waals surface area contributed by atoms with Gasteiger partial charge in [-0.05, 0) is 37.7 Å². The summed E-state index contributed by atoms with van der Waals surface area (Å²) < 4.78 is 5.64. The lowest BCUT2D eigenvalue weighted by molar-refractivity contribution is 0.299. The quantitative estimate of drug-likeness (QED) is 0.663. The fourth-order valence-corrected chi connectivity index (χ4v) is 1.84. The van der Waals surface area contributed by atoms with Gasteiger partial charge in [-0.1, -0.05) is 6.07 Å². The minimum absolute atomic E-state index is 0.506. The first-order valence-corrected chi connectivity index (χ1v) is 5.43. The average Bonchev–Trinajstić information content (AvgIpc) is 2.71. The Morgan fingerprint density at radius 1 is 1.44 bits per heavy atom. The van der Waals surface area contributed by atoms with Crippen LogP contribution in [0.25, 0.3) is 10.9 Å². The molecule has 0 unspecified atom stereocenters. The number of nitrogens with two attached hydrogens (primary N) is 1. The van der Waals surface area contributed by atoms with Gasteiger partial charge in [0.1, 0.15) is 12.5 Å². The highest BCUT2D eigenvalue weighted by atomic mass is 16.5. The Morgan fingerprint density at radius 2 is 2.31 bits per heavy atom. The summed E-state index contributed by atoms with van der Waals surface area (Å²) in [7, 11) is 1.86. The maximum Gasteiger partial charge on any atom is 0.139 e. The van der Waals surface area contributed by atoms with Crippen LogP contribution in [0.15, 0.2) is 24.4 Å². The molecule has 4 nitrogen and oxygen atoms in total. The molecule has 0 aliphatic carbocycles. The molecule has 1 aromatic carbocycles. The molecular formula is C12H17N3O. The Hall–Kier alpha value is -1.52. The van der Waals surface area contributed by atoms with Crippen molar-refractivity contribution in [3.05, 3.63) is 30.0 Å². The number of ether oxygens (including phenoxy) is 1. The van der Waals surface area contributed by atoms with Gasteiger partial charge in [-0.3, -0.25) is 5.32 Å². The Kier molecular flexibility index (Phi) is 3.44. The van der Waals surface area contributed by atoms with E-state index in [1.165, 1.54) is 5.56 Å². The molecule has 1 aromatic heterocycles. The largest absolute Gasteiger partial charge is 0.478 e. The van der Waals surface area contributed by atoms with E-state index in [9.17, 15) is 0 Å². The van der Waals surface area contributed by atoms with Crippen molar-refractivity contribution in [2.75, 3.05) is 20.3 Å². The highest BCUT2D eigenvalue weighted by molar-refractivity contribution is 5.89. The molecule has 0 saturated heterocycles. The first-order chi connectivity index (χ1) is 7.86. The Labute approximate surface area is 94.8 Å². The summed E-state index contributed by atoms with van der Waals surface area (Å²) in [6.45, 7) is 1.15. The minimum atomic E-state index is 0.506. The third-order valence-corrected chi connectivity index (χ3v) is 2.53. The van der Waals surface area contributed by atoms with Gasteiger partial charge in [0, 0.05) is 17.1 Å². The predicted molar refractivity (Wildman–Crippen MR) is 65.6 cm³/mol. The highest BCUT2D eigenvalue weighted by Gasteiger charge is 2.08. The van der Waals surface area contributed by atoms with E-state index in [4.69, 9.17) is 10.5 Å². The van der Waals surface area contributed by atoms with Crippen LogP contribution in [0.2, 0.25) is 0 Å². The van der Waals surface area contributed by atoms with Crippen LogP contribution in [-0.4, -0.2) is 25.3 Å². The zero-order chi connectivity index (χ0) is 11.4. The maximum atomic E-state index is 5.64. The maximum absolute atomic E-state index is 5.64. The van der Waals surface area contributed by atoms with Crippen LogP contribution in [-0.2, 0) is 6.42 Å². The molecule has 4 heteroatoms. The Bertz CT molecular complexity index is 464. The van der Waals surface area contributed by atoms with Crippen LogP contribution in [0.4, 0.5) is 0 Å². The van der Waals surface area contributed by atoms with Crippen molar-refractivity contribution in [1.29, 1.82) is 0 Å². The van der Waals surface area contributed by atoms with Gasteiger partial charge < -0.3 is 15.5 Å². The molecule has 0 atom stereocenters.